The van der Waals surface area contributed by atoms with Crippen LogP contribution in [0.4, 0.5) is 0 Å². The van der Waals surface area contributed by atoms with E-state index in [9.17, 15) is 4.79 Å². The van der Waals surface area contributed by atoms with E-state index in [1.807, 2.05) is 23.9 Å². The summed E-state index contributed by atoms with van der Waals surface area (Å²) in [5.41, 5.74) is 6.82. The molecule has 4 N–H and O–H groups in total. The summed E-state index contributed by atoms with van der Waals surface area (Å²) in [7, 11) is 0. The lowest BCUT2D eigenvalue weighted by atomic mass is 10.1. The van der Waals surface area contributed by atoms with Crippen molar-refractivity contribution in [2.24, 2.45) is 10.7 Å². The second-order valence-corrected chi connectivity index (χ2v) is 7.69. The Balaban J connectivity index is 1.93. The van der Waals surface area contributed by atoms with Crippen LogP contribution in [0.3, 0.4) is 0 Å². The van der Waals surface area contributed by atoms with Gasteiger partial charge in [0.15, 0.2) is 5.96 Å². The molecule has 1 aliphatic heterocycles. The second-order valence-electron chi connectivity index (χ2n) is 6.01. The maximum Gasteiger partial charge on any atom is 0.248 e. The molecule has 0 aromatic heterocycles. The smallest absolute Gasteiger partial charge is 0.248 e. The minimum absolute atomic E-state index is 0.305. The normalized spacial score (nSPS) is 21.2. The monoisotopic (exact) mass is 334 g/mol. The first-order valence-corrected chi connectivity index (χ1v) is 9.06. The number of amides is 1. The third kappa shape index (κ3) is 5.46. The number of primary amides is 1. The summed E-state index contributed by atoms with van der Waals surface area (Å²) in [4.78, 5) is 15.7. The van der Waals surface area contributed by atoms with Gasteiger partial charge in [-0.25, -0.2) is 4.99 Å². The van der Waals surface area contributed by atoms with Gasteiger partial charge in [0.25, 0.3) is 0 Å². The van der Waals surface area contributed by atoms with E-state index in [0.29, 0.717) is 16.9 Å². The summed E-state index contributed by atoms with van der Waals surface area (Å²) in [6, 6.07) is 7.26. The Bertz CT molecular complexity index is 550. The highest BCUT2D eigenvalue weighted by Gasteiger charge is 2.29. The zero-order valence-corrected chi connectivity index (χ0v) is 14.7. The van der Waals surface area contributed by atoms with Crippen LogP contribution in [0.15, 0.2) is 29.3 Å². The van der Waals surface area contributed by atoms with Gasteiger partial charge in [-0.3, -0.25) is 4.79 Å². The highest BCUT2D eigenvalue weighted by atomic mass is 32.2. The zero-order chi connectivity index (χ0) is 16.7. The highest BCUT2D eigenvalue weighted by Crippen LogP contribution is 2.36. The van der Waals surface area contributed by atoms with Gasteiger partial charge in [-0.15, -0.1) is 0 Å². The topological polar surface area (TPSA) is 79.5 Å². The number of nitrogens with one attached hydrogen (secondary N) is 2. The van der Waals surface area contributed by atoms with E-state index in [1.165, 1.54) is 18.6 Å². The third-order valence-corrected chi connectivity index (χ3v) is 5.47. The summed E-state index contributed by atoms with van der Waals surface area (Å²) >= 11 is 2.03. The number of hydrogen-bond donors (Lipinski definition) is 3. The molecule has 2 rings (SSSR count). The Morgan fingerprint density at radius 3 is 2.65 bits per heavy atom. The predicted octanol–water partition coefficient (Wildman–Crippen LogP) is 2.13. The fraction of sp³-hybridized carbons (Fsp3) is 0.529. The average Bonchev–Trinajstić information content (AvgIpc) is 2.97. The number of carbonyl (C=O) groups is 1. The average molecular weight is 334 g/mol. The van der Waals surface area contributed by atoms with Crippen LogP contribution in [-0.2, 0) is 6.54 Å². The van der Waals surface area contributed by atoms with E-state index in [2.05, 4.69) is 29.5 Å². The zero-order valence-electron chi connectivity index (χ0n) is 13.9. The summed E-state index contributed by atoms with van der Waals surface area (Å²) in [6.45, 7) is 6.69. The summed E-state index contributed by atoms with van der Waals surface area (Å²) in [6.07, 6.45) is 2.54. The number of benzene rings is 1. The highest BCUT2D eigenvalue weighted by molar-refractivity contribution is 8.00. The van der Waals surface area contributed by atoms with E-state index in [-0.39, 0.29) is 0 Å². The van der Waals surface area contributed by atoms with Gasteiger partial charge in [-0.05, 0) is 50.1 Å². The lowest BCUT2D eigenvalue weighted by Gasteiger charge is -2.24. The predicted molar refractivity (Wildman–Crippen MR) is 97.9 cm³/mol. The lowest BCUT2D eigenvalue weighted by Crippen LogP contribution is -2.43. The molecule has 1 saturated heterocycles. The minimum atomic E-state index is -0.405. The first-order chi connectivity index (χ1) is 11.0. The Hall–Kier alpha value is -1.69. The van der Waals surface area contributed by atoms with E-state index in [0.717, 1.165) is 24.6 Å². The molecule has 126 valence electrons. The molecule has 1 aromatic rings. The Kier molecular flexibility index (Phi) is 6.33. The number of hydrogen-bond acceptors (Lipinski definition) is 3. The number of nitrogens with two attached hydrogens (primary N) is 1. The summed E-state index contributed by atoms with van der Waals surface area (Å²) in [5, 5.41) is 6.73. The van der Waals surface area contributed by atoms with Crippen molar-refractivity contribution in [1.82, 2.24) is 10.6 Å². The Morgan fingerprint density at radius 2 is 2.09 bits per heavy atom. The van der Waals surface area contributed by atoms with Gasteiger partial charge in [0.05, 0.1) is 6.54 Å². The number of rotatable bonds is 6. The molecule has 23 heavy (non-hydrogen) atoms. The second kappa shape index (κ2) is 8.24. The van der Waals surface area contributed by atoms with Crippen LogP contribution in [0.1, 0.15) is 42.6 Å². The van der Waals surface area contributed by atoms with E-state index in [4.69, 9.17) is 5.73 Å². The minimum Gasteiger partial charge on any atom is -0.366 e. The Morgan fingerprint density at radius 1 is 1.35 bits per heavy atom. The maximum atomic E-state index is 11.1. The van der Waals surface area contributed by atoms with E-state index < -0.39 is 5.91 Å². The van der Waals surface area contributed by atoms with Gasteiger partial charge in [-0.1, -0.05) is 12.1 Å². The Labute approximate surface area is 142 Å². The van der Waals surface area contributed by atoms with Gasteiger partial charge >= 0.3 is 0 Å². The molecule has 6 heteroatoms. The van der Waals surface area contributed by atoms with Crippen LogP contribution in [-0.4, -0.2) is 35.5 Å². The summed E-state index contributed by atoms with van der Waals surface area (Å²) in [5.74, 6) is 1.68. The molecule has 1 fully saturated rings. The first-order valence-electron chi connectivity index (χ1n) is 8.07. The lowest BCUT2D eigenvalue weighted by molar-refractivity contribution is 0.100. The molecule has 1 aromatic carbocycles. The fourth-order valence-electron chi connectivity index (χ4n) is 2.53. The molecule has 0 radical (unpaired) electrons. The molecule has 0 bridgehead atoms. The molecular weight excluding hydrogens is 308 g/mol. The van der Waals surface area contributed by atoms with Gasteiger partial charge in [0.2, 0.25) is 5.91 Å². The number of thioether (sulfide) groups is 1. The quantitative estimate of drug-likeness (QED) is 0.550. The van der Waals surface area contributed by atoms with Crippen molar-refractivity contribution in [2.45, 2.75) is 38.0 Å². The molecule has 0 spiro atoms. The van der Waals surface area contributed by atoms with Crippen molar-refractivity contribution in [3.05, 3.63) is 35.4 Å². The third-order valence-electron chi connectivity index (χ3n) is 3.93. The van der Waals surface area contributed by atoms with Crippen molar-refractivity contribution in [2.75, 3.05) is 18.8 Å². The molecule has 1 amide bonds. The van der Waals surface area contributed by atoms with Gasteiger partial charge in [-0.2, -0.15) is 11.8 Å². The van der Waals surface area contributed by atoms with Crippen LogP contribution in [0, 0.1) is 0 Å². The molecule has 0 saturated carbocycles. The van der Waals surface area contributed by atoms with Crippen molar-refractivity contribution < 1.29 is 4.79 Å². The van der Waals surface area contributed by atoms with E-state index in [1.54, 1.807) is 12.1 Å². The fourth-order valence-corrected chi connectivity index (χ4v) is 3.78. The first kappa shape index (κ1) is 17.7. The van der Waals surface area contributed by atoms with Gasteiger partial charge < -0.3 is 16.4 Å². The molecule has 1 unspecified atom stereocenters. The van der Waals surface area contributed by atoms with Crippen LogP contribution < -0.4 is 16.4 Å². The van der Waals surface area contributed by atoms with Gasteiger partial charge in [0.1, 0.15) is 0 Å². The standard InChI is InChI=1S/C17H26N4OS/c1-3-19-16(21-12-17(2)9-4-10-23-17)20-11-13-5-7-14(8-6-13)15(18)22/h5-8H,3-4,9-12H2,1-2H3,(H2,18,22)(H2,19,20,21). The largest absolute Gasteiger partial charge is 0.366 e. The SMILES string of the molecule is CCNC(=NCc1ccc(C(N)=O)cc1)NCC1(C)CCCS1. The number of nitrogens with zero attached hydrogens (tertiary/aromatic N) is 1. The molecule has 1 aliphatic rings. The van der Waals surface area contributed by atoms with Crippen LogP contribution in [0.5, 0.6) is 0 Å². The van der Waals surface area contributed by atoms with Crippen LogP contribution >= 0.6 is 11.8 Å². The molecular formula is C17H26N4OS. The number of aliphatic imine (C=N–C) groups is 1. The van der Waals surface area contributed by atoms with Crippen molar-refractivity contribution in [3.63, 3.8) is 0 Å². The van der Waals surface area contributed by atoms with E-state index >= 15 is 0 Å². The van der Waals surface area contributed by atoms with Crippen molar-refractivity contribution >= 4 is 23.6 Å². The summed E-state index contributed by atoms with van der Waals surface area (Å²) < 4.78 is 0.305. The van der Waals surface area contributed by atoms with Crippen LogP contribution in [0.2, 0.25) is 0 Å². The maximum absolute atomic E-state index is 11.1. The molecule has 5 nitrogen and oxygen atoms in total. The van der Waals surface area contributed by atoms with Gasteiger partial charge in [0, 0.05) is 23.4 Å². The molecule has 0 aliphatic carbocycles. The molecule has 1 heterocycles. The number of carbonyl (C=O) groups excluding carboxylic acids is 1. The van der Waals surface area contributed by atoms with Crippen molar-refractivity contribution in [1.29, 1.82) is 0 Å². The van der Waals surface area contributed by atoms with Crippen LogP contribution in [0.25, 0.3) is 0 Å². The molecule has 1 atom stereocenters. The number of guanidine groups is 1. The van der Waals surface area contributed by atoms with Crippen molar-refractivity contribution in [3.8, 4) is 0 Å².